The molecular weight excluding hydrogens is 250 g/mol. The zero-order chi connectivity index (χ0) is 14.8. The van der Waals surface area contributed by atoms with Gasteiger partial charge in [-0.25, -0.2) is 0 Å². The summed E-state index contributed by atoms with van der Waals surface area (Å²) in [6, 6.07) is 11.5. The topological polar surface area (TPSA) is 60.1 Å². The second kappa shape index (κ2) is 8.96. The number of hydrogen-bond donors (Lipinski definition) is 0. The van der Waals surface area contributed by atoms with E-state index in [0.717, 1.165) is 19.6 Å². The Labute approximate surface area is 121 Å². The molecule has 1 rings (SSSR count). The first kappa shape index (κ1) is 16.0. The van der Waals surface area contributed by atoms with Gasteiger partial charge in [0.05, 0.1) is 11.6 Å². The van der Waals surface area contributed by atoms with Crippen LogP contribution in [0, 0.1) is 28.6 Å². The van der Waals surface area contributed by atoms with Crippen LogP contribution in [0.25, 0.3) is 0 Å². The van der Waals surface area contributed by atoms with Crippen LogP contribution in [0.5, 0.6) is 5.75 Å². The monoisotopic (exact) mass is 271 g/mol. The summed E-state index contributed by atoms with van der Waals surface area (Å²) in [4.78, 5) is 2.23. The molecule has 0 saturated carbocycles. The molecule has 0 aliphatic rings. The number of para-hydroxylation sites is 1. The van der Waals surface area contributed by atoms with Crippen LogP contribution in [0.4, 0.5) is 0 Å². The molecule has 4 heteroatoms. The Balaban J connectivity index is 2.47. The molecule has 0 unspecified atom stereocenters. The Morgan fingerprint density at radius 3 is 2.60 bits per heavy atom. The summed E-state index contributed by atoms with van der Waals surface area (Å²) in [6.07, 6.45) is 0.529. The van der Waals surface area contributed by atoms with Crippen LogP contribution in [0.2, 0.25) is 0 Å². The van der Waals surface area contributed by atoms with Gasteiger partial charge in [0.15, 0.2) is 0 Å². The third-order valence-electron chi connectivity index (χ3n) is 2.84. The van der Waals surface area contributed by atoms with Crippen molar-refractivity contribution >= 4 is 0 Å². The average Bonchev–Trinajstić information content (AvgIpc) is 2.44. The van der Waals surface area contributed by atoms with Gasteiger partial charge in [0, 0.05) is 26.1 Å². The van der Waals surface area contributed by atoms with E-state index in [2.05, 4.69) is 30.9 Å². The number of rotatable bonds is 8. The van der Waals surface area contributed by atoms with Crippen molar-refractivity contribution in [1.82, 2.24) is 4.90 Å². The highest BCUT2D eigenvalue weighted by atomic mass is 16.5. The minimum absolute atomic E-state index is 0.525. The van der Waals surface area contributed by atoms with Crippen molar-refractivity contribution in [2.45, 2.75) is 20.3 Å². The van der Waals surface area contributed by atoms with Gasteiger partial charge >= 0.3 is 0 Å². The lowest BCUT2D eigenvalue weighted by Crippen LogP contribution is -2.32. The molecule has 1 aromatic carbocycles. The highest BCUT2D eigenvalue weighted by molar-refractivity contribution is 5.42. The van der Waals surface area contributed by atoms with Crippen LogP contribution in [0.1, 0.15) is 25.8 Å². The maximum Gasteiger partial charge on any atom is 0.137 e. The SMILES string of the molecule is CC(C)CN(CCC#N)CCOc1ccccc1C#N. The van der Waals surface area contributed by atoms with Crippen molar-refractivity contribution in [2.24, 2.45) is 5.92 Å². The lowest BCUT2D eigenvalue weighted by Gasteiger charge is -2.23. The minimum Gasteiger partial charge on any atom is -0.491 e. The van der Waals surface area contributed by atoms with E-state index >= 15 is 0 Å². The molecule has 0 atom stereocenters. The first-order valence-corrected chi connectivity index (χ1v) is 6.88. The molecule has 0 aliphatic heterocycles. The smallest absolute Gasteiger partial charge is 0.137 e. The second-order valence-electron chi connectivity index (χ2n) is 5.06. The molecule has 0 spiro atoms. The average molecular weight is 271 g/mol. The first-order valence-electron chi connectivity index (χ1n) is 6.88. The molecule has 0 bridgehead atoms. The number of nitrogens with zero attached hydrogens (tertiary/aromatic N) is 3. The second-order valence-corrected chi connectivity index (χ2v) is 5.06. The van der Waals surface area contributed by atoms with Crippen LogP contribution < -0.4 is 4.74 Å². The Bertz CT molecular complexity index is 485. The van der Waals surface area contributed by atoms with Crippen LogP contribution in [-0.2, 0) is 0 Å². The molecule has 0 fully saturated rings. The summed E-state index contributed by atoms with van der Waals surface area (Å²) in [5.41, 5.74) is 0.555. The van der Waals surface area contributed by atoms with Gasteiger partial charge in [0.25, 0.3) is 0 Å². The van der Waals surface area contributed by atoms with Crippen LogP contribution >= 0.6 is 0 Å². The van der Waals surface area contributed by atoms with E-state index in [4.69, 9.17) is 15.3 Å². The van der Waals surface area contributed by atoms with Crippen LogP contribution in [0.3, 0.4) is 0 Å². The fourth-order valence-corrected chi connectivity index (χ4v) is 1.99. The molecule has 106 valence electrons. The largest absolute Gasteiger partial charge is 0.491 e. The molecule has 0 aliphatic carbocycles. The summed E-state index contributed by atoms with van der Waals surface area (Å²) in [5.74, 6) is 1.18. The van der Waals surface area contributed by atoms with E-state index in [0.29, 0.717) is 30.3 Å². The van der Waals surface area contributed by atoms with Gasteiger partial charge in [-0.1, -0.05) is 26.0 Å². The number of nitriles is 2. The van der Waals surface area contributed by atoms with Gasteiger partial charge in [-0.05, 0) is 18.1 Å². The van der Waals surface area contributed by atoms with E-state index in [1.165, 1.54) is 0 Å². The minimum atomic E-state index is 0.525. The molecule has 0 aromatic heterocycles. The summed E-state index contributed by atoms with van der Waals surface area (Å²) in [5, 5.41) is 17.7. The lowest BCUT2D eigenvalue weighted by molar-refractivity contribution is 0.195. The van der Waals surface area contributed by atoms with Gasteiger partial charge in [-0.2, -0.15) is 10.5 Å². The Kier molecular flexibility index (Phi) is 7.17. The third-order valence-corrected chi connectivity index (χ3v) is 2.84. The Morgan fingerprint density at radius 1 is 1.20 bits per heavy atom. The van der Waals surface area contributed by atoms with Crippen LogP contribution in [-0.4, -0.2) is 31.1 Å². The van der Waals surface area contributed by atoms with E-state index in [1.54, 1.807) is 12.1 Å². The van der Waals surface area contributed by atoms with Crippen molar-refractivity contribution in [3.8, 4) is 17.9 Å². The van der Waals surface area contributed by atoms with Crippen molar-refractivity contribution in [2.75, 3.05) is 26.2 Å². The fourth-order valence-electron chi connectivity index (χ4n) is 1.99. The predicted molar refractivity (Wildman–Crippen MR) is 78.2 cm³/mol. The number of hydrogen-bond acceptors (Lipinski definition) is 4. The van der Waals surface area contributed by atoms with Gasteiger partial charge in [-0.15, -0.1) is 0 Å². The summed E-state index contributed by atoms with van der Waals surface area (Å²) in [7, 11) is 0. The molecular formula is C16H21N3O. The molecule has 0 heterocycles. The molecule has 20 heavy (non-hydrogen) atoms. The molecule has 0 saturated heterocycles. The summed E-state index contributed by atoms with van der Waals surface area (Å²) in [6.45, 7) is 7.32. The molecule has 0 N–H and O–H groups in total. The van der Waals surface area contributed by atoms with Crippen molar-refractivity contribution < 1.29 is 4.74 Å². The highest BCUT2D eigenvalue weighted by Crippen LogP contribution is 2.16. The number of ether oxygens (including phenoxy) is 1. The summed E-state index contributed by atoms with van der Waals surface area (Å²) < 4.78 is 5.67. The van der Waals surface area contributed by atoms with E-state index < -0.39 is 0 Å². The first-order chi connectivity index (χ1) is 9.67. The van der Waals surface area contributed by atoms with E-state index in [-0.39, 0.29) is 0 Å². The molecule has 0 amide bonds. The van der Waals surface area contributed by atoms with Gasteiger partial charge in [0.1, 0.15) is 18.4 Å². The third kappa shape index (κ3) is 5.73. The Hall–Kier alpha value is -2.04. The van der Waals surface area contributed by atoms with E-state index in [1.807, 2.05) is 12.1 Å². The van der Waals surface area contributed by atoms with Crippen LogP contribution in [0.15, 0.2) is 24.3 Å². The molecule has 0 radical (unpaired) electrons. The Morgan fingerprint density at radius 2 is 1.95 bits per heavy atom. The van der Waals surface area contributed by atoms with Crippen molar-refractivity contribution in [3.05, 3.63) is 29.8 Å². The number of benzene rings is 1. The zero-order valence-corrected chi connectivity index (χ0v) is 12.2. The quantitative estimate of drug-likeness (QED) is 0.729. The van der Waals surface area contributed by atoms with Gasteiger partial charge in [0.2, 0.25) is 0 Å². The van der Waals surface area contributed by atoms with Gasteiger partial charge in [-0.3, -0.25) is 4.90 Å². The molecule has 1 aromatic rings. The zero-order valence-electron chi connectivity index (χ0n) is 12.2. The van der Waals surface area contributed by atoms with Crippen molar-refractivity contribution in [1.29, 1.82) is 10.5 Å². The standard InChI is InChI=1S/C16H21N3O/c1-14(2)13-19(9-5-8-17)10-11-20-16-7-4-3-6-15(16)12-18/h3-4,6-7,14H,5,9-11,13H2,1-2H3. The van der Waals surface area contributed by atoms with E-state index in [9.17, 15) is 0 Å². The normalized spacial score (nSPS) is 10.3. The maximum absolute atomic E-state index is 8.99. The predicted octanol–water partition coefficient (Wildman–Crippen LogP) is 2.81. The van der Waals surface area contributed by atoms with Gasteiger partial charge < -0.3 is 4.74 Å². The fraction of sp³-hybridized carbons (Fsp3) is 0.500. The molecule has 4 nitrogen and oxygen atoms in total. The van der Waals surface area contributed by atoms with Crippen molar-refractivity contribution in [3.63, 3.8) is 0 Å². The maximum atomic E-state index is 8.99. The highest BCUT2D eigenvalue weighted by Gasteiger charge is 2.08. The summed E-state index contributed by atoms with van der Waals surface area (Å²) >= 11 is 0. The lowest BCUT2D eigenvalue weighted by atomic mass is 10.2.